The Morgan fingerprint density at radius 2 is 1.90 bits per heavy atom. The van der Waals surface area contributed by atoms with Crippen molar-refractivity contribution in [3.05, 3.63) is 48.0 Å². The van der Waals surface area contributed by atoms with Crippen LogP contribution in [0.2, 0.25) is 0 Å². The fourth-order valence-corrected chi connectivity index (χ4v) is 9.82. The number of furan rings is 1. The van der Waals surface area contributed by atoms with Gasteiger partial charge in [0.05, 0.1) is 36.8 Å². The van der Waals surface area contributed by atoms with Crippen molar-refractivity contribution in [2.45, 2.75) is 84.1 Å². The van der Waals surface area contributed by atoms with E-state index in [0.717, 1.165) is 6.29 Å². The van der Waals surface area contributed by atoms with Gasteiger partial charge in [0.2, 0.25) is 0 Å². The standard InChI is InChI=1S/C31H38O9/c1-7-16(2)25(35)39-24-21-22-27(3,15-38-21)10-8-19(33)29(22,5)23-26(36)40-31(30(23,24)6)20(34)12-18(28(31,4)14-32)17-9-11-37-13-17/h7-11,13-14,18,20-24,26,34,36H,12,15H2,1-6H3/b16-7+/t18-,20-,21+,22-,23-,24+,26?,27-,28-,29-,30-,31+/m0/s1. The number of carbonyl (C=O) groups excluding carboxylic acids is 3. The van der Waals surface area contributed by atoms with Gasteiger partial charge in [-0.1, -0.05) is 32.9 Å². The van der Waals surface area contributed by atoms with Gasteiger partial charge in [-0.3, -0.25) is 4.79 Å². The molecule has 216 valence electrons. The Kier molecular flexibility index (Phi) is 5.84. The van der Waals surface area contributed by atoms with Gasteiger partial charge in [0.1, 0.15) is 18.0 Å². The predicted molar refractivity (Wildman–Crippen MR) is 141 cm³/mol. The van der Waals surface area contributed by atoms with Gasteiger partial charge in [0, 0.05) is 39.6 Å². The maximum atomic E-state index is 13.9. The first-order valence-electron chi connectivity index (χ1n) is 14.0. The molecule has 1 spiro atoms. The van der Waals surface area contributed by atoms with Crippen LogP contribution in [0.5, 0.6) is 0 Å². The van der Waals surface area contributed by atoms with E-state index in [0.29, 0.717) is 11.1 Å². The minimum atomic E-state index is -1.74. The van der Waals surface area contributed by atoms with E-state index in [1.807, 2.05) is 19.9 Å². The van der Waals surface area contributed by atoms with Crippen molar-refractivity contribution >= 4 is 18.0 Å². The van der Waals surface area contributed by atoms with Crippen molar-refractivity contribution < 1.29 is 43.2 Å². The first-order valence-corrected chi connectivity index (χ1v) is 14.0. The van der Waals surface area contributed by atoms with Gasteiger partial charge in [-0.2, -0.15) is 0 Å². The highest BCUT2D eigenvalue weighted by Gasteiger charge is 2.86. The number of ether oxygens (including phenoxy) is 3. The fourth-order valence-electron chi connectivity index (χ4n) is 9.82. The van der Waals surface area contributed by atoms with Gasteiger partial charge in [-0.25, -0.2) is 4.79 Å². The Morgan fingerprint density at radius 3 is 2.52 bits per heavy atom. The third-order valence-corrected chi connectivity index (χ3v) is 11.6. The van der Waals surface area contributed by atoms with E-state index in [4.69, 9.17) is 18.6 Å². The molecule has 4 fully saturated rings. The smallest absolute Gasteiger partial charge is 0.333 e. The molecule has 5 aliphatic rings. The summed E-state index contributed by atoms with van der Waals surface area (Å²) in [6.07, 6.45) is 4.42. The van der Waals surface area contributed by atoms with Gasteiger partial charge < -0.3 is 33.6 Å². The molecule has 2 N–H and O–H groups in total. The van der Waals surface area contributed by atoms with Crippen LogP contribution in [-0.4, -0.2) is 65.1 Å². The lowest BCUT2D eigenvalue weighted by atomic mass is 9.39. The number of rotatable bonds is 4. The number of hydrogen-bond donors (Lipinski definition) is 2. The molecule has 9 nitrogen and oxygen atoms in total. The molecule has 40 heavy (non-hydrogen) atoms. The number of aliphatic hydroxyl groups excluding tert-OH is 2. The van der Waals surface area contributed by atoms with Crippen LogP contribution < -0.4 is 0 Å². The molecular weight excluding hydrogens is 516 g/mol. The maximum absolute atomic E-state index is 13.9. The largest absolute Gasteiger partial charge is 0.472 e. The van der Waals surface area contributed by atoms with Crippen LogP contribution in [0.25, 0.3) is 0 Å². The molecule has 1 aromatic heterocycles. The Balaban J connectivity index is 1.63. The molecule has 2 aliphatic heterocycles. The summed E-state index contributed by atoms with van der Waals surface area (Å²) < 4.78 is 24.6. The molecule has 12 atom stereocenters. The summed E-state index contributed by atoms with van der Waals surface area (Å²) in [6, 6.07) is 1.75. The molecule has 0 aromatic carbocycles. The maximum Gasteiger partial charge on any atom is 0.333 e. The molecule has 0 radical (unpaired) electrons. The van der Waals surface area contributed by atoms with E-state index < -0.39 is 75.6 Å². The Labute approximate surface area is 233 Å². The summed E-state index contributed by atoms with van der Waals surface area (Å²) in [6.45, 7) is 11.0. The number of ketones is 1. The van der Waals surface area contributed by atoms with E-state index in [1.54, 1.807) is 45.9 Å². The zero-order valence-corrected chi connectivity index (χ0v) is 23.7. The molecule has 3 aliphatic carbocycles. The molecule has 2 saturated heterocycles. The number of fused-ring (bicyclic) bond motifs is 3. The number of allylic oxidation sites excluding steroid dienone is 2. The zero-order valence-electron chi connectivity index (χ0n) is 23.7. The molecular formula is C31H38O9. The molecule has 0 amide bonds. The lowest BCUT2D eigenvalue weighted by Crippen LogP contribution is -2.74. The molecule has 3 heterocycles. The highest BCUT2D eigenvalue weighted by Crippen LogP contribution is 2.77. The lowest BCUT2D eigenvalue weighted by molar-refractivity contribution is -0.255. The topological polar surface area (TPSA) is 132 Å². The molecule has 0 bridgehead atoms. The van der Waals surface area contributed by atoms with Crippen molar-refractivity contribution in [1.29, 1.82) is 0 Å². The lowest BCUT2D eigenvalue weighted by Gasteiger charge is -2.63. The summed E-state index contributed by atoms with van der Waals surface area (Å²) >= 11 is 0. The number of hydrogen-bond acceptors (Lipinski definition) is 9. The molecule has 6 rings (SSSR count). The third kappa shape index (κ3) is 2.89. The van der Waals surface area contributed by atoms with E-state index >= 15 is 0 Å². The summed E-state index contributed by atoms with van der Waals surface area (Å²) in [4.78, 5) is 40.6. The van der Waals surface area contributed by atoms with E-state index in [9.17, 15) is 24.6 Å². The molecule has 9 heteroatoms. The molecule has 2 saturated carbocycles. The van der Waals surface area contributed by atoms with E-state index in [1.165, 1.54) is 12.5 Å². The Hall–Kier alpha value is -2.59. The Morgan fingerprint density at radius 1 is 1.18 bits per heavy atom. The van der Waals surface area contributed by atoms with Gasteiger partial charge >= 0.3 is 5.97 Å². The number of carbonyl (C=O) groups is 3. The second-order valence-corrected chi connectivity index (χ2v) is 13.3. The van der Waals surface area contributed by atoms with E-state index in [-0.39, 0.29) is 18.8 Å². The highest BCUT2D eigenvalue weighted by atomic mass is 16.6. The van der Waals surface area contributed by atoms with Crippen LogP contribution in [0.4, 0.5) is 0 Å². The van der Waals surface area contributed by atoms with Crippen LogP contribution in [0.15, 0.2) is 46.8 Å². The first kappa shape index (κ1) is 27.6. The zero-order chi connectivity index (χ0) is 29.0. The van der Waals surface area contributed by atoms with Crippen LogP contribution in [0.3, 0.4) is 0 Å². The minimum Gasteiger partial charge on any atom is -0.472 e. The summed E-state index contributed by atoms with van der Waals surface area (Å²) in [5.74, 6) is -2.67. The number of aliphatic hydroxyl groups is 2. The summed E-state index contributed by atoms with van der Waals surface area (Å²) in [7, 11) is 0. The third-order valence-electron chi connectivity index (χ3n) is 11.6. The van der Waals surface area contributed by atoms with Crippen LogP contribution in [0.1, 0.15) is 59.4 Å². The summed E-state index contributed by atoms with van der Waals surface area (Å²) in [5, 5.41) is 23.8. The second-order valence-electron chi connectivity index (χ2n) is 13.3. The SMILES string of the molecule is C/C=C(\C)C(=O)O[C@@H]1[C@@H]2OC[C@]3(C)C=CC(=O)[C@@](C)([C@@H]23)[C@@H]2C(O)O[C@@]3([C@@H](O)C[C@@H](c4ccoc4)[C@]3(C)C=O)[C@]12C. The van der Waals surface area contributed by atoms with Gasteiger partial charge in [-0.05, 0) is 44.9 Å². The second kappa shape index (κ2) is 8.47. The fraction of sp³-hybridized carbons (Fsp3) is 0.645. The quantitative estimate of drug-likeness (QED) is 0.327. The average Bonchev–Trinajstić information content (AvgIpc) is 3.67. The van der Waals surface area contributed by atoms with Crippen LogP contribution >= 0.6 is 0 Å². The average molecular weight is 555 g/mol. The van der Waals surface area contributed by atoms with Crippen molar-refractivity contribution in [2.75, 3.05) is 6.61 Å². The molecule has 1 unspecified atom stereocenters. The monoisotopic (exact) mass is 554 g/mol. The van der Waals surface area contributed by atoms with Crippen LogP contribution in [0, 0.1) is 33.5 Å². The minimum absolute atomic E-state index is 0.135. The van der Waals surface area contributed by atoms with Crippen molar-refractivity contribution in [1.82, 2.24) is 0 Å². The van der Waals surface area contributed by atoms with E-state index in [2.05, 4.69) is 0 Å². The van der Waals surface area contributed by atoms with Crippen molar-refractivity contribution in [3.8, 4) is 0 Å². The predicted octanol–water partition coefficient (Wildman–Crippen LogP) is 3.10. The van der Waals surface area contributed by atoms with Gasteiger partial charge in [0.15, 0.2) is 12.1 Å². The van der Waals surface area contributed by atoms with Gasteiger partial charge in [-0.15, -0.1) is 0 Å². The molecule has 1 aromatic rings. The summed E-state index contributed by atoms with van der Waals surface area (Å²) in [5.41, 5.74) is -5.24. The normalized spacial score (nSPS) is 51.1. The van der Waals surface area contributed by atoms with Crippen molar-refractivity contribution in [2.24, 2.45) is 33.5 Å². The van der Waals surface area contributed by atoms with Crippen molar-refractivity contribution in [3.63, 3.8) is 0 Å². The number of aldehydes is 1. The van der Waals surface area contributed by atoms with Crippen LogP contribution in [-0.2, 0) is 28.6 Å². The Bertz CT molecular complexity index is 1320. The van der Waals surface area contributed by atoms with Gasteiger partial charge in [0.25, 0.3) is 0 Å². The first-order chi connectivity index (χ1) is 18.8. The highest BCUT2D eigenvalue weighted by molar-refractivity contribution is 5.97. The number of esters is 1.